The number of carbonyl (C=O) groups is 2. The van der Waals surface area contributed by atoms with E-state index >= 15 is 0 Å². The first-order chi connectivity index (χ1) is 14.8. The summed E-state index contributed by atoms with van der Waals surface area (Å²) in [6.45, 7) is 3.62. The van der Waals surface area contributed by atoms with Crippen molar-refractivity contribution in [3.8, 4) is 16.9 Å². The molecule has 3 aromatic rings. The second-order valence-corrected chi connectivity index (χ2v) is 8.82. The van der Waals surface area contributed by atoms with Crippen molar-refractivity contribution in [1.29, 1.82) is 0 Å². The quantitative estimate of drug-likeness (QED) is 0.400. The Hall–Kier alpha value is -2.71. The summed E-state index contributed by atoms with van der Waals surface area (Å²) in [5, 5.41) is 3.12. The lowest BCUT2D eigenvalue weighted by atomic mass is 10.0. The van der Waals surface area contributed by atoms with E-state index in [1.165, 1.54) is 30.6 Å². The van der Waals surface area contributed by atoms with Gasteiger partial charge in [0.2, 0.25) is 0 Å². The van der Waals surface area contributed by atoms with Crippen LogP contribution in [0.5, 0.6) is 5.75 Å². The maximum Gasteiger partial charge on any atom is 0.341 e. The lowest BCUT2D eigenvalue weighted by molar-refractivity contribution is -0.118. The molecule has 1 amide bonds. The molecule has 0 saturated heterocycles. The van der Waals surface area contributed by atoms with Crippen molar-refractivity contribution in [1.82, 2.24) is 0 Å². The summed E-state index contributed by atoms with van der Waals surface area (Å²) >= 11 is 4.68. The number of amides is 1. The number of carbonyl (C=O) groups excluding carboxylic acids is 2. The van der Waals surface area contributed by atoms with Crippen molar-refractivity contribution in [3.63, 3.8) is 0 Å². The van der Waals surface area contributed by atoms with E-state index in [-0.39, 0.29) is 18.0 Å². The number of rotatable bonds is 7. The SMILES string of the molecule is CCc1cc(Br)ccc1OCC(=O)Nc1sc(C)c(-c2ccc(F)cc2)c1C(=O)OC. The van der Waals surface area contributed by atoms with E-state index in [2.05, 4.69) is 21.2 Å². The molecule has 1 aromatic heterocycles. The molecular weight excluding hydrogens is 485 g/mol. The maximum atomic E-state index is 13.3. The van der Waals surface area contributed by atoms with Crippen LogP contribution >= 0.6 is 27.3 Å². The molecule has 1 heterocycles. The van der Waals surface area contributed by atoms with Gasteiger partial charge in [-0.05, 0) is 54.8 Å². The van der Waals surface area contributed by atoms with Crippen LogP contribution in [0.1, 0.15) is 27.7 Å². The molecule has 1 N–H and O–H groups in total. The van der Waals surface area contributed by atoms with Crippen molar-refractivity contribution in [2.45, 2.75) is 20.3 Å². The normalized spacial score (nSPS) is 10.6. The molecule has 0 atom stereocenters. The molecule has 0 radical (unpaired) electrons. The molecule has 0 saturated carbocycles. The van der Waals surface area contributed by atoms with Crippen molar-refractivity contribution in [2.75, 3.05) is 19.0 Å². The average molecular weight is 506 g/mol. The Morgan fingerprint density at radius 1 is 1.16 bits per heavy atom. The van der Waals surface area contributed by atoms with Gasteiger partial charge in [0.05, 0.1) is 7.11 Å². The number of ether oxygens (including phenoxy) is 2. The number of hydrogen-bond acceptors (Lipinski definition) is 5. The highest BCUT2D eigenvalue weighted by molar-refractivity contribution is 9.10. The van der Waals surface area contributed by atoms with Gasteiger partial charge in [0.15, 0.2) is 6.61 Å². The fourth-order valence-electron chi connectivity index (χ4n) is 3.16. The summed E-state index contributed by atoms with van der Waals surface area (Å²) in [4.78, 5) is 25.9. The molecule has 0 fully saturated rings. The van der Waals surface area contributed by atoms with E-state index in [1.54, 1.807) is 18.2 Å². The number of aryl methyl sites for hydroxylation is 2. The van der Waals surface area contributed by atoms with Crippen LogP contribution in [0.15, 0.2) is 46.9 Å². The zero-order valence-electron chi connectivity index (χ0n) is 17.3. The molecule has 5 nitrogen and oxygen atoms in total. The van der Waals surface area contributed by atoms with Crippen molar-refractivity contribution in [3.05, 3.63) is 68.8 Å². The van der Waals surface area contributed by atoms with Gasteiger partial charge < -0.3 is 14.8 Å². The summed E-state index contributed by atoms with van der Waals surface area (Å²) in [7, 11) is 1.28. The largest absolute Gasteiger partial charge is 0.483 e. The minimum absolute atomic E-state index is 0.210. The van der Waals surface area contributed by atoms with E-state index in [4.69, 9.17) is 9.47 Å². The minimum atomic E-state index is -0.582. The third kappa shape index (κ3) is 5.32. The highest BCUT2D eigenvalue weighted by atomic mass is 79.9. The minimum Gasteiger partial charge on any atom is -0.483 e. The first kappa shape index (κ1) is 23.0. The molecule has 3 rings (SSSR count). The van der Waals surface area contributed by atoms with Crippen LogP contribution in [0.2, 0.25) is 0 Å². The van der Waals surface area contributed by atoms with Crippen LogP contribution in [-0.4, -0.2) is 25.6 Å². The first-order valence-electron chi connectivity index (χ1n) is 9.52. The molecule has 8 heteroatoms. The fraction of sp³-hybridized carbons (Fsp3) is 0.217. The number of nitrogens with one attached hydrogen (secondary N) is 1. The van der Waals surface area contributed by atoms with Gasteiger partial charge >= 0.3 is 5.97 Å². The Morgan fingerprint density at radius 3 is 2.52 bits per heavy atom. The van der Waals surface area contributed by atoms with Gasteiger partial charge in [0, 0.05) is 14.9 Å². The number of hydrogen-bond donors (Lipinski definition) is 1. The second-order valence-electron chi connectivity index (χ2n) is 6.68. The first-order valence-corrected chi connectivity index (χ1v) is 11.1. The standard InChI is InChI=1S/C23H21BrFNO4S/c1-4-14-11-16(24)7-10-18(14)30-12-19(27)26-22-21(23(28)29-3)20(13(2)31-22)15-5-8-17(25)9-6-15/h5-11H,4,12H2,1-3H3,(H,26,27). The van der Waals surface area contributed by atoms with E-state index in [0.29, 0.717) is 21.9 Å². The maximum absolute atomic E-state index is 13.3. The number of benzene rings is 2. The smallest absolute Gasteiger partial charge is 0.341 e. The molecule has 0 spiro atoms. The number of esters is 1. The monoisotopic (exact) mass is 505 g/mol. The van der Waals surface area contributed by atoms with Crippen LogP contribution < -0.4 is 10.1 Å². The van der Waals surface area contributed by atoms with Gasteiger partial charge in [0.25, 0.3) is 5.91 Å². The Balaban J connectivity index is 1.84. The summed E-state index contributed by atoms with van der Waals surface area (Å²) in [5.41, 5.74) is 2.48. The van der Waals surface area contributed by atoms with Crippen LogP contribution in [0.4, 0.5) is 9.39 Å². The van der Waals surface area contributed by atoms with Gasteiger partial charge in [-0.25, -0.2) is 9.18 Å². The lowest BCUT2D eigenvalue weighted by Gasteiger charge is -2.11. The second kappa shape index (κ2) is 10.1. The predicted molar refractivity (Wildman–Crippen MR) is 123 cm³/mol. The highest BCUT2D eigenvalue weighted by Crippen LogP contribution is 2.40. The van der Waals surface area contributed by atoms with Crippen molar-refractivity contribution >= 4 is 44.1 Å². The topological polar surface area (TPSA) is 64.6 Å². The van der Waals surface area contributed by atoms with Gasteiger partial charge in [-0.15, -0.1) is 11.3 Å². The molecule has 0 unspecified atom stereocenters. The third-order valence-electron chi connectivity index (χ3n) is 4.62. The molecule has 0 aliphatic heterocycles. The summed E-state index contributed by atoms with van der Waals surface area (Å²) in [6, 6.07) is 11.4. The van der Waals surface area contributed by atoms with Gasteiger partial charge in [-0.2, -0.15) is 0 Å². The number of halogens is 2. The van der Waals surface area contributed by atoms with Gasteiger partial charge in [-0.1, -0.05) is 35.0 Å². The fourth-order valence-corrected chi connectivity index (χ4v) is 4.65. The van der Waals surface area contributed by atoms with Gasteiger partial charge in [-0.3, -0.25) is 4.79 Å². The third-order valence-corrected chi connectivity index (χ3v) is 6.14. The van der Waals surface area contributed by atoms with E-state index in [9.17, 15) is 14.0 Å². The average Bonchev–Trinajstić information content (AvgIpc) is 3.08. The lowest BCUT2D eigenvalue weighted by Crippen LogP contribution is -2.21. The van der Waals surface area contributed by atoms with E-state index in [1.807, 2.05) is 26.0 Å². The Labute approximate surface area is 192 Å². The van der Waals surface area contributed by atoms with Crippen molar-refractivity contribution < 1.29 is 23.5 Å². The Bertz CT molecular complexity index is 1110. The zero-order valence-corrected chi connectivity index (χ0v) is 19.7. The van der Waals surface area contributed by atoms with Crippen molar-refractivity contribution in [2.24, 2.45) is 0 Å². The molecule has 0 aliphatic rings. The molecular formula is C23H21BrFNO4S. The summed E-state index contributed by atoms with van der Waals surface area (Å²) < 4.78 is 24.9. The van der Waals surface area contributed by atoms with Crippen LogP contribution in [0, 0.1) is 12.7 Å². The Kier molecular flexibility index (Phi) is 7.46. The van der Waals surface area contributed by atoms with Gasteiger partial charge in [0.1, 0.15) is 22.1 Å². The summed E-state index contributed by atoms with van der Waals surface area (Å²) in [5.74, 6) is -0.729. The van der Waals surface area contributed by atoms with Crippen LogP contribution in [0.3, 0.4) is 0 Å². The highest BCUT2D eigenvalue weighted by Gasteiger charge is 2.25. The number of anilines is 1. The predicted octanol–water partition coefficient (Wildman–Crippen LogP) is 5.99. The molecule has 162 valence electrons. The molecule has 2 aromatic carbocycles. The van der Waals surface area contributed by atoms with E-state index in [0.717, 1.165) is 21.3 Å². The number of methoxy groups -OCH3 is 1. The van der Waals surface area contributed by atoms with E-state index < -0.39 is 11.9 Å². The molecule has 0 bridgehead atoms. The summed E-state index contributed by atoms with van der Waals surface area (Å²) in [6.07, 6.45) is 0.758. The van der Waals surface area contributed by atoms with Crippen LogP contribution in [0.25, 0.3) is 11.1 Å². The van der Waals surface area contributed by atoms with Crippen LogP contribution in [-0.2, 0) is 16.0 Å². The Morgan fingerprint density at radius 2 is 1.87 bits per heavy atom. The zero-order chi connectivity index (χ0) is 22.5. The molecule has 31 heavy (non-hydrogen) atoms. The number of thiophene rings is 1. The molecule has 0 aliphatic carbocycles.